The number of nitrogens with zero attached hydrogens (tertiary/aromatic N) is 2. The molecule has 0 aliphatic carbocycles. The zero-order valence-electron chi connectivity index (χ0n) is 14.9. The Bertz CT molecular complexity index is 939. The summed E-state index contributed by atoms with van der Waals surface area (Å²) in [4.78, 5) is 18.9. The lowest BCUT2D eigenvalue weighted by Gasteiger charge is -2.30. The number of nitrogens with one attached hydrogen (secondary N) is 1. The van der Waals surface area contributed by atoms with Crippen LogP contribution >= 0.6 is 0 Å². The molecule has 27 heavy (non-hydrogen) atoms. The Morgan fingerprint density at radius 3 is 2.85 bits per heavy atom. The van der Waals surface area contributed by atoms with Gasteiger partial charge in [-0.2, -0.15) is 0 Å². The van der Waals surface area contributed by atoms with E-state index >= 15 is 0 Å². The van der Waals surface area contributed by atoms with E-state index < -0.39 is 0 Å². The Balaban J connectivity index is 1.40. The summed E-state index contributed by atoms with van der Waals surface area (Å²) >= 11 is 0. The highest BCUT2D eigenvalue weighted by atomic mass is 16.5. The predicted octanol–water partition coefficient (Wildman–Crippen LogP) is 3.09. The second kappa shape index (κ2) is 8.05. The molecule has 3 aromatic rings. The van der Waals surface area contributed by atoms with Crippen LogP contribution in [-0.2, 0) is 9.53 Å². The molecule has 4 rings (SSSR count). The van der Waals surface area contributed by atoms with Gasteiger partial charge in [-0.05, 0) is 36.4 Å². The summed E-state index contributed by atoms with van der Waals surface area (Å²) in [5.74, 6) is 0.453. The number of pyridine rings is 1. The van der Waals surface area contributed by atoms with E-state index in [1.807, 2.05) is 54.6 Å². The van der Waals surface area contributed by atoms with Gasteiger partial charge in [0.15, 0.2) is 6.61 Å². The molecule has 0 unspecified atom stereocenters. The molecular weight excluding hydrogens is 342 g/mol. The number of fused-ring (bicyclic) bond motifs is 1. The zero-order valence-corrected chi connectivity index (χ0v) is 14.9. The van der Waals surface area contributed by atoms with Crippen LogP contribution < -0.4 is 15.0 Å². The first kappa shape index (κ1) is 17.3. The van der Waals surface area contributed by atoms with Gasteiger partial charge in [0.1, 0.15) is 5.75 Å². The first-order chi connectivity index (χ1) is 13.3. The highest BCUT2D eigenvalue weighted by molar-refractivity contribution is 5.95. The van der Waals surface area contributed by atoms with E-state index in [0.29, 0.717) is 19.0 Å². The minimum absolute atomic E-state index is 0.0524. The average molecular weight is 363 g/mol. The number of hydrogen-bond acceptors (Lipinski definition) is 5. The normalized spacial score (nSPS) is 14.1. The molecule has 1 amide bonds. The van der Waals surface area contributed by atoms with Crippen molar-refractivity contribution < 1.29 is 14.3 Å². The predicted molar refractivity (Wildman–Crippen MR) is 105 cm³/mol. The van der Waals surface area contributed by atoms with Crippen LogP contribution in [0.1, 0.15) is 0 Å². The van der Waals surface area contributed by atoms with Crippen LogP contribution in [0.5, 0.6) is 5.75 Å². The highest BCUT2D eigenvalue weighted by Crippen LogP contribution is 2.26. The number of para-hydroxylation sites is 2. The van der Waals surface area contributed by atoms with E-state index in [1.54, 1.807) is 6.20 Å². The van der Waals surface area contributed by atoms with Crippen molar-refractivity contribution in [2.75, 3.05) is 43.1 Å². The van der Waals surface area contributed by atoms with Gasteiger partial charge >= 0.3 is 0 Å². The minimum Gasteiger partial charge on any atom is -0.484 e. The van der Waals surface area contributed by atoms with E-state index in [2.05, 4.69) is 15.2 Å². The monoisotopic (exact) mass is 363 g/mol. The van der Waals surface area contributed by atoms with Crippen LogP contribution in [0, 0.1) is 0 Å². The molecule has 1 aliphatic heterocycles. The number of hydrogen-bond donors (Lipinski definition) is 1. The second-order valence-electron chi connectivity index (χ2n) is 6.31. The molecule has 0 spiro atoms. The number of anilines is 2. The second-order valence-corrected chi connectivity index (χ2v) is 6.31. The van der Waals surface area contributed by atoms with Crippen molar-refractivity contribution in [2.24, 2.45) is 0 Å². The number of aromatic nitrogens is 1. The molecule has 0 atom stereocenters. The first-order valence-corrected chi connectivity index (χ1v) is 8.99. The van der Waals surface area contributed by atoms with Crippen LogP contribution in [0.3, 0.4) is 0 Å². The topological polar surface area (TPSA) is 63.7 Å². The van der Waals surface area contributed by atoms with Crippen molar-refractivity contribution in [3.63, 3.8) is 0 Å². The third-order valence-electron chi connectivity index (χ3n) is 4.47. The average Bonchev–Trinajstić information content (AvgIpc) is 2.73. The maximum atomic E-state index is 12.4. The molecule has 2 heterocycles. The fourth-order valence-corrected chi connectivity index (χ4v) is 3.14. The van der Waals surface area contributed by atoms with Crippen LogP contribution in [-0.4, -0.2) is 43.8 Å². The van der Waals surface area contributed by atoms with Crippen molar-refractivity contribution in [1.82, 2.24) is 4.98 Å². The van der Waals surface area contributed by atoms with E-state index in [0.717, 1.165) is 35.4 Å². The number of amides is 1. The molecule has 6 heteroatoms. The molecule has 0 radical (unpaired) electrons. The van der Waals surface area contributed by atoms with E-state index in [1.165, 1.54) is 0 Å². The molecule has 1 fully saturated rings. The number of rotatable bonds is 5. The molecule has 1 aliphatic rings. The SMILES string of the molecule is O=C(COc1ccc2ncccc2c1)Nc1ccccc1N1CCOCC1. The lowest BCUT2D eigenvalue weighted by Crippen LogP contribution is -2.36. The van der Waals surface area contributed by atoms with Crippen molar-refractivity contribution in [3.05, 3.63) is 60.8 Å². The number of carbonyl (C=O) groups is 1. The van der Waals surface area contributed by atoms with Gasteiger partial charge in [0.05, 0.1) is 30.1 Å². The molecule has 2 aromatic carbocycles. The third kappa shape index (κ3) is 4.17. The summed E-state index contributed by atoms with van der Waals surface area (Å²) < 4.78 is 11.1. The number of benzene rings is 2. The van der Waals surface area contributed by atoms with Crippen LogP contribution in [0.2, 0.25) is 0 Å². The smallest absolute Gasteiger partial charge is 0.262 e. The molecule has 0 bridgehead atoms. The van der Waals surface area contributed by atoms with Gasteiger partial charge in [-0.15, -0.1) is 0 Å². The quantitative estimate of drug-likeness (QED) is 0.755. The van der Waals surface area contributed by atoms with E-state index in [9.17, 15) is 4.79 Å². The fraction of sp³-hybridized carbons (Fsp3) is 0.238. The number of ether oxygens (including phenoxy) is 2. The summed E-state index contributed by atoms with van der Waals surface area (Å²) in [7, 11) is 0. The molecular formula is C21H21N3O3. The Labute approximate surface area is 157 Å². The Hall–Kier alpha value is -3.12. The van der Waals surface area contributed by atoms with Gasteiger partial charge in [0.2, 0.25) is 0 Å². The highest BCUT2D eigenvalue weighted by Gasteiger charge is 2.15. The Kier molecular flexibility index (Phi) is 5.16. The summed E-state index contributed by atoms with van der Waals surface area (Å²) in [5.41, 5.74) is 2.69. The molecule has 1 saturated heterocycles. The molecule has 1 N–H and O–H groups in total. The van der Waals surface area contributed by atoms with Crippen LogP contribution in [0.4, 0.5) is 11.4 Å². The van der Waals surface area contributed by atoms with E-state index in [-0.39, 0.29) is 12.5 Å². The zero-order chi connectivity index (χ0) is 18.5. The van der Waals surface area contributed by atoms with Crippen molar-refractivity contribution in [1.29, 1.82) is 0 Å². The minimum atomic E-state index is -0.193. The first-order valence-electron chi connectivity index (χ1n) is 8.99. The van der Waals surface area contributed by atoms with Crippen LogP contribution in [0.25, 0.3) is 10.9 Å². The number of morpholine rings is 1. The summed E-state index contributed by atoms with van der Waals surface area (Å²) in [5, 5.41) is 3.94. The van der Waals surface area contributed by atoms with Gasteiger partial charge < -0.3 is 19.7 Å². The van der Waals surface area contributed by atoms with Crippen LogP contribution in [0.15, 0.2) is 60.8 Å². The maximum absolute atomic E-state index is 12.4. The largest absolute Gasteiger partial charge is 0.484 e. The molecule has 138 valence electrons. The van der Waals surface area contributed by atoms with Gasteiger partial charge in [0.25, 0.3) is 5.91 Å². The van der Waals surface area contributed by atoms with E-state index in [4.69, 9.17) is 9.47 Å². The molecule has 0 saturated carbocycles. The summed E-state index contributed by atoms with van der Waals surface area (Å²) in [6.07, 6.45) is 1.75. The maximum Gasteiger partial charge on any atom is 0.262 e. The van der Waals surface area contributed by atoms with Crippen molar-refractivity contribution in [2.45, 2.75) is 0 Å². The molecule has 1 aromatic heterocycles. The third-order valence-corrected chi connectivity index (χ3v) is 4.47. The lowest BCUT2D eigenvalue weighted by atomic mass is 10.2. The van der Waals surface area contributed by atoms with Gasteiger partial charge in [-0.25, -0.2) is 0 Å². The summed E-state index contributed by atoms with van der Waals surface area (Å²) in [6.45, 7) is 2.97. The lowest BCUT2D eigenvalue weighted by molar-refractivity contribution is -0.118. The number of carbonyl (C=O) groups excluding carboxylic acids is 1. The van der Waals surface area contributed by atoms with Crippen molar-refractivity contribution in [3.8, 4) is 5.75 Å². The van der Waals surface area contributed by atoms with Gasteiger partial charge in [0, 0.05) is 24.7 Å². The fourth-order valence-electron chi connectivity index (χ4n) is 3.14. The van der Waals surface area contributed by atoms with Gasteiger partial charge in [-0.3, -0.25) is 9.78 Å². The Morgan fingerprint density at radius 1 is 1.11 bits per heavy atom. The van der Waals surface area contributed by atoms with Crippen molar-refractivity contribution >= 4 is 28.2 Å². The Morgan fingerprint density at radius 2 is 1.96 bits per heavy atom. The standard InChI is InChI=1S/C21H21N3O3/c25-21(15-27-17-7-8-18-16(14-17)4-3-9-22-18)23-19-5-1-2-6-20(19)24-10-12-26-13-11-24/h1-9,14H,10-13,15H2,(H,23,25). The van der Waals surface area contributed by atoms with Gasteiger partial charge in [-0.1, -0.05) is 18.2 Å². The molecule has 6 nitrogen and oxygen atoms in total. The summed E-state index contributed by atoms with van der Waals surface area (Å²) in [6, 6.07) is 17.2.